The molecule has 1 aliphatic heterocycles. The average Bonchev–Trinajstić information content (AvgIpc) is 3.22. The first-order valence-electron chi connectivity index (χ1n) is 9.73. The summed E-state index contributed by atoms with van der Waals surface area (Å²) in [5.41, 5.74) is 2.89. The van der Waals surface area contributed by atoms with Gasteiger partial charge in [-0.1, -0.05) is 23.7 Å². The van der Waals surface area contributed by atoms with Crippen LogP contribution in [0.1, 0.15) is 34.8 Å². The van der Waals surface area contributed by atoms with Gasteiger partial charge in [-0.2, -0.15) is 0 Å². The van der Waals surface area contributed by atoms with Gasteiger partial charge in [0.05, 0.1) is 32.3 Å². The molecule has 5 nitrogen and oxygen atoms in total. The Morgan fingerprint density at radius 3 is 2.46 bits per heavy atom. The van der Waals surface area contributed by atoms with E-state index in [-0.39, 0.29) is 11.9 Å². The summed E-state index contributed by atoms with van der Waals surface area (Å²) in [4.78, 5) is 16.4. The SMILES string of the molecule is COc1ccc(Cl)cc1C(=O)NC[C@H](c1ccc(N(C)C)cc1)[NH+]1CCCC1. The minimum Gasteiger partial charge on any atom is -0.496 e. The molecule has 6 heteroatoms. The fourth-order valence-electron chi connectivity index (χ4n) is 3.83. The minimum absolute atomic E-state index is 0.159. The van der Waals surface area contributed by atoms with Gasteiger partial charge in [-0.25, -0.2) is 0 Å². The van der Waals surface area contributed by atoms with E-state index in [9.17, 15) is 4.79 Å². The van der Waals surface area contributed by atoms with Gasteiger partial charge in [-0.3, -0.25) is 4.79 Å². The first kappa shape index (κ1) is 20.5. The number of amides is 1. The number of rotatable bonds is 7. The fourth-order valence-corrected chi connectivity index (χ4v) is 4.00. The smallest absolute Gasteiger partial charge is 0.255 e. The predicted octanol–water partition coefficient (Wildman–Crippen LogP) is 2.56. The first-order valence-corrected chi connectivity index (χ1v) is 10.1. The molecule has 2 aromatic carbocycles. The highest BCUT2D eigenvalue weighted by molar-refractivity contribution is 6.31. The van der Waals surface area contributed by atoms with Gasteiger partial charge in [0.1, 0.15) is 11.8 Å². The number of ether oxygens (including phenoxy) is 1. The van der Waals surface area contributed by atoms with Crippen molar-refractivity contribution >= 4 is 23.2 Å². The van der Waals surface area contributed by atoms with E-state index in [1.165, 1.54) is 29.0 Å². The summed E-state index contributed by atoms with van der Waals surface area (Å²) in [6.07, 6.45) is 2.47. The van der Waals surface area contributed by atoms with Crippen molar-refractivity contribution in [2.45, 2.75) is 18.9 Å². The Morgan fingerprint density at radius 2 is 1.86 bits per heavy atom. The van der Waals surface area contributed by atoms with Crippen molar-refractivity contribution in [3.05, 3.63) is 58.6 Å². The number of hydrogen-bond donors (Lipinski definition) is 2. The van der Waals surface area contributed by atoms with E-state index in [4.69, 9.17) is 16.3 Å². The lowest BCUT2D eigenvalue weighted by Crippen LogP contribution is -3.11. The second-order valence-electron chi connectivity index (χ2n) is 7.46. The number of nitrogens with zero attached hydrogens (tertiary/aromatic N) is 1. The lowest BCUT2D eigenvalue weighted by atomic mass is 10.0. The molecular weight excluding hydrogens is 374 g/mol. The summed E-state index contributed by atoms with van der Waals surface area (Å²) in [5, 5.41) is 3.63. The van der Waals surface area contributed by atoms with E-state index in [0.717, 1.165) is 13.1 Å². The molecule has 0 aliphatic carbocycles. The molecule has 28 heavy (non-hydrogen) atoms. The number of hydrogen-bond acceptors (Lipinski definition) is 3. The van der Waals surface area contributed by atoms with E-state index >= 15 is 0 Å². The number of methoxy groups -OCH3 is 1. The Labute approximate surface area is 172 Å². The Kier molecular flexibility index (Phi) is 6.81. The Hall–Kier alpha value is -2.24. The number of nitrogens with one attached hydrogen (secondary N) is 2. The molecular formula is C22H29ClN3O2+. The first-order chi connectivity index (χ1) is 13.5. The van der Waals surface area contributed by atoms with Crippen molar-refractivity contribution in [1.29, 1.82) is 0 Å². The topological polar surface area (TPSA) is 46.0 Å². The van der Waals surface area contributed by atoms with E-state index in [0.29, 0.717) is 22.9 Å². The second-order valence-corrected chi connectivity index (χ2v) is 7.89. The Morgan fingerprint density at radius 1 is 1.18 bits per heavy atom. The van der Waals surface area contributed by atoms with Crippen LogP contribution in [0.3, 0.4) is 0 Å². The molecule has 0 aromatic heterocycles. The minimum atomic E-state index is -0.159. The summed E-state index contributed by atoms with van der Waals surface area (Å²) in [6.45, 7) is 2.85. The summed E-state index contributed by atoms with van der Waals surface area (Å²) >= 11 is 6.08. The number of quaternary nitrogens is 1. The average molecular weight is 403 g/mol. The number of carbonyl (C=O) groups excluding carboxylic acids is 1. The third-order valence-electron chi connectivity index (χ3n) is 5.42. The largest absolute Gasteiger partial charge is 0.496 e. The molecule has 1 heterocycles. The summed E-state index contributed by atoms with van der Waals surface area (Å²) < 4.78 is 5.32. The van der Waals surface area contributed by atoms with Gasteiger partial charge >= 0.3 is 0 Å². The van der Waals surface area contributed by atoms with Crippen LogP contribution in [0.15, 0.2) is 42.5 Å². The molecule has 2 N–H and O–H groups in total. The summed E-state index contributed by atoms with van der Waals surface area (Å²) in [7, 11) is 5.64. The van der Waals surface area contributed by atoms with Crippen molar-refractivity contribution in [3.8, 4) is 5.75 Å². The zero-order valence-corrected chi connectivity index (χ0v) is 17.6. The molecule has 0 spiro atoms. The fraction of sp³-hybridized carbons (Fsp3) is 0.409. The van der Waals surface area contributed by atoms with Crippen LogP contribution in [0.4, 0.5) is 5.69 Å². The zero-order valence-electron chi connectivity index (χ0n) is 16.8. The van der Waals surface area contributed by atoms with E-state index in [1.807, 2.05) is 14.1 Å². The van der Waals surface area contributed by atoms with Gasteiger partial charge in [0.15, 0.2) is 0 Å². The highest BCUT2D eigenvalue weighted by Crippen LogP contribution is 2.23. The molecule has 1 saturated heterocycles. The van der Waals surface area contributed by atoms with Crippen molar-refractivity contribution in [3.63, 3.8) is 0 Å². The van der Waals surface area contributed by atoms with Crippen molar-refractivity contribution < 1.29 is 14.4 Å². The maximum absolute atomic E-state index is 12.8. The number of halogens is 1. The molecule has 150 valence electrons. The Bertz CT molecular complexity index is 802. The van der Waals surface area contributed by atoms with Gasteiger partial charge in [0.2, 0.25) is 0 Å². The number of anilines is 1. The molecule has 0 radical (unpaired) electrons. The molecule has 0 unspecified atom stereocenters. The second kappa shape index (κ2) is 9.30. The molecule has 2 aromatic rings. The maximum Gasteiger partial charge on any atom is 0.255 e. The quantitative estimate of drug-likeness (QED) is 0.748. The van der Waals surface area contributed by atoms with Crippen LogP contribution < -0.4 is 19.9 Å². The highest BCUT2D eigenvalue weighted by atomic mass is 35.5. The standard InChI is InChI=1S/C22H28ClN3O2/c1-25(2)18-9-6-16(7-10-18)20(26-12-4-5-13-26)15-24-22(27)19-14-17(23)8-11-21(19)28-3/h6-11,14,20H,4-5,12-13,15H2,1-3H3,(H,24,27)/p+1/t20-/m1/s1. The van der Waals surface area contributed by atoms with Crippen LogP contribution in [0, 0.1) is 0 Å². The van der Waals surface area contributed by atoms with Crippen LogP contribution in [0.25, 0.3) is 0 Å². The van der Waals surface area contributed by atoms with Crippen LogP contribution in [0.2, 0.25) is 5.02 Å². The summed E-state index contributed by atoms with van der Waals surface area (Å²) in [6, 6.07) is 14.0. The monoisotopic (exact) mass is 402 g/mol. The number of benzene rings is 2. The molecule has 3 rings (SSSR count). The van der Waals surface area contributed by atoms with Crippen molar-refractivity contribution in [2.24, 2.45) is 0 Å². The van der Waals surface area contributed by atoms with Gasteiger partial charge in [-0.05, 0) is 30.3 Å². The van der Waals surface area contributed by atoms with Crippen LogP contribution in [-0.2, 0) is 0 Å². The predicted molar refractivity (Wildman–Crippen MR) is 114 cm³/mol. The molecule has 1 fully saturated rings. The van der Waals surface area contributed by atoms with Gasteiger partial charge in [0.25, 0.3) is 5.91 Å². The highest BCUT2D eigenvalue weighted by Gasteiger charge is 2.28. The molecule has 0 bridgehead atoms. The lowest BCUT2D eigenvalue weighted by molar-refractivity contribution is -0.918. The van der Waals surface area contributed by atoms with Gasteiger partial charge < -0.3 is 19.9 Å². The van der Waals surface area contributed by atoms with E-state index < -0.39 is 0 Å². The molecule has 0 saturated carbocycles. The lowest BCUT2D eigenvalue weighted by Gasteiger charge is -2.26. The van der Waals surface area contributed by atoms with Crippen molar-refractivity contribution in [1.82, 2.24) is 5.32 Å². The molecule has 1 aliphatic rings. The van der Waals surface area contributed by atoms with Crippen LogP contribution >= 0.6 is 11.6 Å². The maximum atomic E-state index is 12.8. The number of likely N-dealkylation sites (tertiary alicyclic amines) is 1. The summed E-state index contributed by atoms with van der Waals surface area (Å²) in [5.74, 6) is 0.371. The molecule has 1 atom stereocenters. The zero-order chi connectivity index (χ0) is 20.1. The normalized spacial score (nSPS) is 15.3. The van der Waals surface area contributed by atoms with Gasteiger partial charge in [-0.15, -0.1) is 0 Å². The van der Waals surface area contributed by atoms with E-state index in [2.05, 4.69) is 34.5 Å². The Balaban J connectivity index is 1.77. The van der Waals surface area contributed by atoms with Crippen molar-refractivity contribution in [2.75, 3.05) is 45.7 Å². The number of carbonyl (C=O) groups is 1. The molecule has 1 amide bonds. The van der Waals surface area contributed by atoms with Gasteiger partial charge in [0, 0.05) is 43.2 Å². The van der Waals surface area contributed by atoms with Crippen LogP contribution in [-0.4, -0.2) is 46.7 Å². The third kappa shape index (κ3) is 4.78. The third-order valence-corrected chi connectivity index (χ3v) is 5.66. The van der Waals surface area contributed by atoms with Crippen LogP contribution in [0.5, 0.6) is 5.75 Å². The van der Waals surface area contributed by atoms with E-state index in [1.54, 1.807) is 25.3 Å².